The number of methoxy groups -OCH3 is 2. The quantitative estimate of drug-likeness (QED) is 0.456. The van der Waals surface area contributed by atoms with Crippen molar-refractivity contribution >= 4 is 17.7 Å². The Bertz CT molecular complexity index is 1330. The Hall–Kier alpha value is -3.71. The summed E-state index contributed by atoms with van der Waals surface area (Å²) in [6.07, 6.45) is 1.55. The molecule has 0 radical (unpaired) electrons. The molecule has 12 heteroatoms. The number of carbonyl (C=O) groups is 3. The van der Waals surface area contributed by atoms with E-state index in [0.717, 1.165) is 24.2 Å². The second-order valence-electron chi connectivity index (χ2n) is 11.9. The van der Waals surface area contributed by atoms with Crippen molar-refractivity contribution in [1.82, 2.24) is 20.0 Å². The molecule has 4 bridgehead atoms. The monoisotopic (exact) mass is 638 g/mol. The minimum atomic E-state index is -0.438. The molecule has 6 rings (SSSR count). The highest BCUT2D eigenvalue weighted by Gasteiger charge is 2.34. The van der Waals surface area contributed by atoms with Crippen molar-refractivity contribution < 1.29 is 38.1 Å². The minimum absolute atomic E-state index is 0.0219. The van der Waals surface area contributed by atoms with Crippen LogP contribution in [-0.2, 0) is 41.6 Å². The average molecular weight is 639 g/mol. The highest BCUT2D eigenvalue weighted by Crippen LogP contribution is 2.33. The van der Waals surface area contributed by atoms with E-state index < -0.39 is 6.04 Å². The summed E-state index contributed by atoms with van der Waals surface area (Å²) in [6, 6.07) is 12.9. The van der Waals surface area contributed by atoms with E-state index in [0.29, 0.717) is 89.1 Å². The highest BCUT2D eigenvalue weighted by molar-refractivity contribution is 5.85. The van der Waals surface area contributed by atoms with Crippen molar-refractivity contribution in [3.05, 3.63) is 53.6 Å². The lowest BCUT2D eigenvalue weighted by Crippen LogP contribution is -2.59. The Balaban J connectivity index is 1.36. The molecule has 0 saturated carbocycles. The number of morpholine rings is 1. The molecule has 2 atom stereocenters. The Morgan fingerprint density at radius 1 is 1.02 bits per heavy atom. The number of nitrogens with one attached hydrogen (secondary N) is 1. The van der Waals surface area contributed by atoms with Gasteiger partial charge in [-0.05, 0) is 54.7 Å². The normalized spacial score (nSPS) is 21.8. The van der Waals surface area contributed by atoms with Crippen LogP contribution in [0.15, 0.2) is 42.5 Å². The molecule has 2 fully saturated rings. The van der Waals surface area contributed by atoms with E-state index in [9.17, 15) is 14.4 Å². The Labute approximate surface area is 270 Å². The summed E-state index contributed by atoms with van der Waals surface area (Å²) >= 11 is 0. The summed E-state index contributed by atoms with van der Waals surface area (Å²) < 4.78 is 28.9. The van der Waals surface area contributed by atoms with Crippen LogP contribution < -0.4 is 14.8 Å². The second kappa shape index (κ2) is 16.7. The number of fused-ring (bicyclic) bond motifs is 9. The molecule has 1 N–H and O–H groups in total. The van der Waals surface area contributed by atoms with Gasteiger partial charge in [0.2, 0.25) is 17.7 Å². The summed E-state index contributed by atoms with van der Waals surface area (Å²) in [6.45, 7) is 4.92. The number of hydrogen-bond donors (Lipinski definition) is 1. The van der Waals surface area contributed by atoms with Crippen LogP contribution in [0.5, 0.6) is 17.2 Å². The van der Waals surface area contributed by atoms with Gasteiger partial charge in [-0.3, -0.25) is 19.3 Å². The molecule has 46 heavy (non-hydrogen) atoms. The average Bonchev–Trinajstić information content (AvgIpc) is 3.07. The van der Waals surface area contributed by atoms with E-state index >= 15 is 0 Å². The van der Waals surface area contributed by atoms with Crippen LogP contribution in [0.4, 0.5) is 0 Å². The molecule has 0 unspecified atom stereocenters. The first-order valence-corrected chi connectivity index (χ1v) is 16.1. The van der Waals surface area contributed by atoms with E-state index in [1.807, 2.05) is 47.4 Å². The largest absolute Gasteiger partial charge is 0.493 e. The number of benzene rings is 2. The van der Waals surface area contributed by atoms with Crippen molar-refractivity contribution in [2.45, 2.75) is 44.4 Å². The zero-order valence-corrected chi connectivity index (χ0v) is 26.9. The fraction of sp³-hybridized carbons (Fsp3) is 0.559. The number of amides is 3. The first-order chi connectivity index (χ1) is 22.4. The molecule has 2 saturated heterocycles. The van der Waals surface area contributed by atoms with Crippen molar-refractivity contribution in [3.8, 4) is 17.2 Å². The van der Waals surface area contributed by atoms with Crippen LogP contribution in [0.25, 0.3) is 0 Å². The highest BCUT2D eigenvalue weighted by atomic mass is 16.5. The molecule has 4 aliphatic rings. The van der Waals surface area contributed by atoms with Gasteiger partial charge in [0.1, 0.15) is 5.75 Å². The first-order valence-electron chi connectivity index (χ1n) is 16.1. The maximum absolute atomic E-state index is 13.5. The Kier molecular flexibility index (Phi) is 12.2. The van der Waals surface area contributed by atoms with Crippen molar-refractivity contribution in [2.24, 2.45) is 0 Å². The number of likely N-dealkylation sites (tertiary alicyclic amines) is 1. The van der Waals surface area contributed by atoms with Gasteiger partial charge in [-0.2, -0.15) is 0 Å². The van der Waals surface area contributed by atoms with Crippen LogP contribution in [-0.4, -0.2) is 124 Å². The maximum atomic E-state index is 13.5. The van der Waals surface area contributed by atoms with E-state index in [1.165, 1.54) is 0 Å². The molecule has 2 aromatic rings. The third-order valence-corrected chi connectivity index (χ3v) is 8.62. The van der Waals surface area contributed by atoms with Gasteiger partial charge in [-0.25, -0.2) is 0 Å². The summed E-state index contributed by atoms with van der Waals surface area (Å²) in [5.74, 6) is 1.38. The predicted octanol–water partition coefficient (Wildman–Crippen LogP) is 2.23. The van der Waals surface area contributed by atoms with Gasteiger partial charge >= 0.3 is 0 Å². The molecule has 4 heterocycles. The topological polar surface area (TPSA) is 119 Å². The van der Waals surface area contributed by atoms with E-state index in [2.05, 4.69) is 10.2 Å². The lowest BCUT2D eigenvalue weighted by Gasteiger charge is -2.40. The molecule has 4 aliphatic heterocycles. The van der Waals surface area contributed by atoms with Gasteiger partial charge in [-0.15, -0.1) is 0 Å². The summed E-state index contributed by atoms with van der Waals surface area (Å²) in [5.41, 5.74) is 1.84. The van der Waals surface area contributed by atoms with Gasteiger partial charge in [-0.1, -0.05) is 18.2 Å². The van der Waals surface area contributed by atoms with Gasteiger partial charge in [0, 0.05) is 52.9 Å². The molecule has 3 amide bonds. The first kappa shape index (κ1) is 33.6. The maximum Gasteiger partial charge on any atom is 0.239 e. The molecule has 2 aromatic carbocycles. The zero-order chi connectivity index (χ0) is 32.3. The number of carbonyl (C=O) groups excluding carboxylic acids is 3. The third kappa shape index (κ3) is 9.41. The fourth-order valence-corrected chi connectivity index (χ4v) is 6.05. The number of ether oxygens (including phenoxy) is 5. The molecule has 0 spiro atoms. The van der Waals surface area contributed by atoms with E-state index in [4.69, 9.17) is 23.7 Å². The summed E-state index contributed by atoms with van der Waals surface area (Å²) in [7, 11) is 3.20. The fourth-order valence-electron chi connectivity index (χ4n) is 6.05. The van der Waals surface area contributed by atoms with Gasteiger partial charge in [0.25, 0.3) is 0 Å². The molecule has 0 aromatic heterocycles. The number of rotatable bonds is 7. The minimum Gasteiger partial charge on any atom is -0.493 e. The number of aryl methyl sites for hydroxylation is 1. The van der Waals surface area contributed by atoms with Crippen LogP contribution >= 0.6 is 0 Å². The molecule has 0 aliphatic carbocycles. The van der Waals surface area contributed by atoms with Crippen molar-refractivity contribution in [2.75, 3.05) is 79.9 Å². The van der Waals surface area contributed by atoms with Gasteiger partial charge in [0.15, 0.2) is 11.5 Å². The summed E-state index contributed by atoms with van der Waals surface area (Å²) in [4.78, 5) is 45.7. The van der Waals surface area contributed by atoms with Crippen LogP contribution in [0.2, 0.25) is 0 Å². The Morgan fingerprint density at radius 2 is 1.87 bits per heavy atom. The molecular weight excluding hydrogens is 592 g/mol. The zero-order valence-electron chi connectivity index (χ0n) is 26.9. The van der Waals surface area contributed by atoms with Crippen molar-refractivity contribution in [1.29, 1.82) is 0 Å². The molecule has 250 valence electrons. The van der Waals surface area contributed by atoms with Crippen molar-refractivity contribution in [3.63, 3.8) is 0 Å². The SMILES string of the molecule is COCCCN1CC(=O)N[C@H]2CN(C(=O)CN3CCOCC3)CC[C@H]2OCc2cccc(c2)Oc2ccc(cc2OC)CCC1=O. The van der Waals surface area contributed by atoms with Crippen LogP contribution in [0.1, 0.15) is 30.4 Å². The van der Waals surface area contributed by atoms with Crippen LogP contribution in [0, 0.1) is 0 Å². The lowest BCUT2D eigenvalue weighted by atomic mass is 10.0. The number of piperidine rings is 1. The van der Waals surface area contributed by atoms with Gasteiger partial charge < -0.3 is 38.8 Å². The summed E-state index contributed by atoms with van der Waals surface area (Å²) in [5, 5.41) is 3.12. The van der Waals surface area contributed by atoms with Gasteiger partial charge in [0.05, 0.1) is 52.2 Å². The lowest BCUT2D eigenvalue weighted by molar-refractivity contribution is -0.140. The molecular formula is C34H46N4O8. The van der Waals surface area contributed by atoms with E-state index in [-0.39, 0.29) is 36.8 Å². The standard InChI is InChI=1S/C34H46N4O8/c1-42-16-4-12-37-22-32(39)35-28-21-38(34(41)23-36-14-17-44-18-15-36)13-11-29(28)45-24-26-5-3-6-27(19-26)46-30-9-7-25(8-10-33(37)40)20-31(30)43-2/h3,5-7,9,19-20,28-29H,4,8,10-18,21-24H2,1-2H3,(H,35,39)/t28-,29+/m0/s1. The number of hydrogen-bond acceptors (Lipinski definition) is 9. The van der Waals surface area contributed by atoms with E-state index in [1.54, 1.807) is 19.1 Å². The third-order valence-electron chi connectivity index (χ3n) is 8.62. The Morgan fingerprint density at radius 3 is 2.67 bits per heavy atom. The smallest absolute Gasteiger partial charge is 0.239 e. The number of nitrogens with zero attached hydrogens (tertiary/aromatic N) is 3. The predicted molar refractivity (Wildman–Crippen MR) is 170 cm³/mol. The second-order valence-corrected chi connectivity index (χ2v) is 11.9. The molecule has 12 nitrogen and oxygen atoms in total. The van der Waals surface area contributed by atoms with Crippen LogP contribution in [0.3, 0.4) is 0 Å².